The third kappa shape index (κ3) is 4.54. The molecule has 29 heavy (non-hydrogen) atoms. The molecule has 0 amide bonds. The monoisotopic (exact) mass is 414 g/mol. The molecule has 152 valence electrons. The molecule has 1 heterocycles. The van der Waals surface area contributed by atoms with Crippen molar-refractivity contribution in [3.8, 4) is 0 Å². The molecule has 0 fully saturated rings. The van der Waals surface area contributed by atoms with E-state index in [-0.39, 0.29) is 23.9 Å². The van der Waals surface area contributed by atoms with Gasteiger partial charge in [0.2, 0.25) is 0 Å². The lowest BCUT2D eigenvalue weighted by molar-refractivity contribution is 0.0476. The molecule has 1 atom stereocenters. The number of Topliss-reactive ketones (excluding diaryl/α,β-unsaturated/α-hetero) is 1. The number of methoxy groups -OCH3 is 1. The highest BCUT2D eigenvalue weighted by atomic mass is 32.1. The number of rotatable bonds is 8. The maximum atomic E-state index is 14.2. The Morgan fingerprint density at radius 1 is 1.14 bits per heavy atom. The maximum absolute atomic E-state index is 14.2. The highest BCUT2D eigenvalue weighted by molar-refractivity contribution is 7.21. The molecule has 0 aliphatic rings. The van der Waals surface area contributed by atoms with Crippen LogP contribution in [0.15, 0.2) is 42.5 Å². The third-order valence-corrected chi connectivity index (χ3v) is 6.16. The Balaban J connectivity index is 1.74. The molecule has 0 unspecified atom stereocenters. The Morgan fingerprint density at radius 2 is 1.86 bits per heavy atom. The van der Waals surface area contributed by atoms with Crippen molar-refractivity contribution in [3.63, 3.8) is 0 Å². The quantitative estimate of drug-likeness (QED) is 0.348. The van der Waals surface area contributed by atoms with Gasteiger partial charge < -0.3 is 9.47 Å². The van der Waals surface area contributed by atoms with Crippen molar-refractivity contribution in [2.75, 3.05) is 13.7 Å². The molecule has 0 aliphatic heterocycles. The zero-order valence-corrected chi connectivity index (χ0v) is 17.5. The van der Waals surface area contributed by atoms with Crippen molar-refractivity contribution in [1.82, 2.24) is 0 Å². The Hall–Kier alpha value is -2.57. The average Bonchev–Trinajstić information content (AvgIpc) is 3.11. The molecule has 0 bridgehead atoms. The van der Waals surface area contributed by atoms with Crippen molar-refractivity contribution in [3.05, 3.63) is 69.8 Å². The predicted molar refractivity (Wildman–Crippen MR) is 112 cm³/mol. The number of ether oxygens (including phenoxy) is 2. The summed E-state index contributed by atoms with van der Waals surface area (Å²) in [6.07, 6.45) is 1.02. The minimum atomic E-state index is -0.651. The molecule has 0 N–H and O–H groups in total. The molecule has 1 aromatic heterocycles. The Kier molecular flexibility index (Phi) is 6.77. The number of esters is 1. The van der Waals surface area contributed by atoms with Gasteiger partial charge in [0.15, 0.2) is 12.4 Å². The van der Waals surface area contributed by atoms with Gasteiger partial charge >= 0.3 is 5.97 Å². The molecule has 6 heteroatoms. The van der Waals surface area contributed by atoms with Crippen molar-refractivity contribution in [1.29, 1.82) is 0 Å². The van der Waals surface area contributed by atoms with Crippen LogP contribution >= 0.6 is 11.3 Å². The van der Waals surface area contributed by atoms with Crippen LogP contribution in [-0.2, 0) is 16.1 Å². The van der Waals surface area contributed by atoms with Gasteiger partial charge in [0, 0.05) is 28.3 Å². The Labute approximate surface area is 173 Å². The second-order valence-electron chi connectivity index (χ2n) is 6.89. The van der Waals surface area contributed by atoms with E-state index >= 15 is 0 Å². The van der Waals surface area contributed by atoms with Gasteiger partial charge in [-0.1, -0.05) is 44.2 Å². The van der Waals surface area contributed by atoms with Crippen LogP contribution in [0.25, 0.3) is 10.1 Å². The number of carbonyl (C=O) groups is 2. The number of thiophene rings is 1. The van der Waals surface area contributed by atoms with Gasteiger partial charge in [0.05, 0.1) is 6.61 Å². The van der Waals surface area contributed by atoms with Crippen molar-refractivity contribution < 1.29 is 23.5 Å². The summed E-state index contributed by atoms with van der Waals surface area (Å²) in [5.74, 6) is -0.927. The van der Waals surface area contributed by atoms with E-state index < -0.39 is 11.8 Å². The van der Waals surface area contributed by atoms with Crippen LogP contribution in [0.3, 0.4) is 0 Å². The van der Waals surface area contributed by atoms with Crippen LogP contribution in [0.1, 0.15) is 57.3 Å². The fourth-order valence-electron chi connectivity index (χ4n) is 3.13. The summed E-state index contributed by atoms with van der Waals surface area (Å²) in [4.78, 5) is 25.3. The zero-order valence-electron chi connectivity index (χ0n) is 16.7. The topological polar surface area (TPSA) is 52.6 Å². The van der Waals surface area contributed by atoms with Crippen LogP contribution in [0.4, 0.5) is 4.39 Å². The number of benzene rings is 2. The van der Waals surface area contributed by atoms with Gasteiger partial charge in [-0.3, -0.25) is 4.79 Å². The number of halogens is 1. The largest absolute Gasteiger partial charge is 0.453 e. The first-order valence-electron chi connectivity index (χ1n) is 9.45. The summed E-state index contributed by atoms with van der Waals surface area (Å²) in [5.41, 5.74) is 2.10. The second-order valence-corrected chi connectivity index (χ2v) is 7.94. The Bertz CT molecular complexity index is 1020. The van der Waals surface area contributed by atoms with Crippen molar-refractivity contribution in [2.24, 2.45) is 0 Å². The predicted octanol–water partition coefficient (Wildman–Crippen LogP) is 5.74. The molecule has 0 saturated carbocycles. The standard InChI is InChI=1S/C23H23FO4S/c1-4-14(2)15-8-10-16(11-9-15)19(25)13-28-23(26)22-17(12-27-3)21-18(24)6-5-7-20(21)29-22/h5-11,14H,4,12-13H2,1-3H3/t14-/m0/s1. The molecule has 0 aliphatic carbocycles. The van der Waals surface area contributed by atoms with Crippen LogP contribution < -0.4 is 0 Å². The number of hydrogen-bond acceptors (Lipinski definition) is 5. The van der Waals surface area contributed by atoms with Gasteiger partial charge in [-0.25, -0.2) is 9.18 Å². The van der Waals surface area contributed by atoms with E-state index in [0.717, 1.165) is 23.3 Å². The average molecular weight is 414 g/mol. The van der Waals surface area contributed by atoms with E-state index in [9.17, 15) is 14.0 Å². The molecule has 3 aromatic rings. The first-order valence-corrected chi connectivity index (χ1v) is 10.3. The number of fused-ring (bicyclic) bond motifs is 1. The first kappa shape index (κ1) is 21.1. The summed E-state index contributed by atoms with van der Waals surface area (Å²) < 4.78 is 25.3. The minimum absolute atomic E-state index is 0.0798. The van der Waals surface area contributed by atoms with E-state index in [1.54, 1.807) is 24.3 Å². The van der Waals surface area contributed by atoms with Gasteiger partial charge in [0.1, 0.15) is 10.7 Å². The van der Waals surface area contributed by atoms with Crippen molar-refractivity contribution >= 4 is 33.2 Å². The summed E-state index contributed by atoms with van der Waals surface area (Å²) in [5, 5.41) is 0.359. The van der Waals surface area contributed by atoms with E-state index in [1.165, 1.54) is 13.2 Å². The van der Waals surface area contributed by atoms with Crippen molar-refractivity contribution in [2.45, 2.75) is 32.8 Å². The number of ketones is 1. The SMILES string of the molecule is CC[C@H](C)c1ccc(C(=O)COC(=O)c2sc3cccc(F)c3c2COC)cc1. The molecule has 2 aromatic carbocycles. The molecule has 4 nitrogen and oxygen atoms in total. The second kappa shape index (κ2) is 9.29. The fraction of sp³-hybridized carbons (Fsp3) is 0.304. The van der Waals surface area contributed by atoms with Gasteiger partial charge in [-0.2, -0.15) is 0 Å². The summed E-state index contributed by atoms with van der Waals surface area (Å²) in [6, 6.07) is 12.0. The number of carbonyl (C=O) groups excluding carboxylic acids is 2. The summed E-state index contributed by atoms with van der Waals surface area (Å²) in [6.45, 7) is 3.95. The zero-order chi connectivity index (χ0) is 21.0. The highest BCUT2D eigenvalue weighted by Gasteiger charge is 2.22. The molecule has 0 saturated heterocycles. The first-order chi connectivity index (χ1) is 14.0. The van der Waals surface area contributed by atoms with Gasteiger partial charge in [-0.05, 0) is 30.0 Å². The maximum Gasteiger partial charge on any atom is 0.349 e. The third-order valence-electron chi connectivity index (χ3n) is 4.99. The molecule has 0 spiro atoms. The molecular weight excluding hydrogens is 391 g/mol. The number of hydrogen-bond donors (Lipinski definition) is 0. The lowest BCUT2D eigenvalue weighted by Crippen LogP contribution is -2.14. The summed E-state index contributed by atoms with van der Waals surface area (Å²) >= 11 is 1.14. The van der Waals surface area contributed by atoms with Crippen LogP contribution in [0.5, 0.6) is 0 Å². The van der Waals surface area contributed by atoms with Crippen LogP contribution in [0.2, 0.25) is 0 Å². The van der Waals surface area contributed by atoms with Crippen LogP contribution in [0, 0.1) is 5.82 Å². The summed E-state index contributed by atoms with van der Waals surface area (Å²) in [7, 11) is 1.48. The molecular formula is C23H23FO4S. The van der Waals surface area contributed by atoms with Gasteiger partial charge in [0.25, 0.3) is 0 Å². The minimum Gasteiger partial charge on any atom is -0.453 e. The molecule has 3 rings (SSSR count). The normalized spacial score (nSPS) is 12.1. The lowest BCUT2D eigenvalue weighted by Gasteiger charge is -2.09. The smallest absolute Gasteiger partial charge is 0.349 e. The molecule has 0 radical (unpaired) electrons. The van der Waals surface area contributed by atoms with E-state index in [1.807, 2.05) is 12.1 Å². The lowest BCUT2D eigenvalue weighted by atomic mass is 9.97. The van der Waals surface area contributed by atoms with E-state index in [4.69, 9.17) is 9.47 Å². The van der Waals surface area contributed by atoms with Gasteiger partial charge in [-0.15, -0.1) is 11.3 Å². The van der Waals surface area contributed by atoms with Crippen LogP contribution in [-0.4, -0.2) is 25.5 Å². The fourth-order valence-corrected chi connectivity index (χ4v) is 4.24. The van der Waals surface area contributed by atoms with E-state index in [0.29, 0.717) is 27.1 Å². The highest BCUT2D eigenvalue weighted by Crippen LogP contribution is 2.34. The van der Waals surface area contributed by atoms with E-state index in [2.05, 4.69) is 13.8 Å². The Morgan fingerprint density at radius 3 is 2.52 bits per heavy atom.